The van der Waals surface area contributed by atoms with Crippen molar-refractivity contribution in [3.05, 3.63) is 0 Å². The third-order valence-corrected chi connectivity index (χ3v) is 6.19. The molecule has 2 saturated heterocycles. The van der Waals surface area contributed by atoms with Crippen LogP contribution in [0.5, 0.6) is 0 Å². The van der Waals surface area contributed by atoms with E-state index in [1.165, 1.54) is 58.0 Å². The number of rotatable bonds is 2. The van der Waals surface area contributed by atoms with Crippen molar-refractivity contribution in [3.63, 3.8) is 0 Å². The third kappa shape index (κ3) is 2.10. The summed E-state index contributed by atoms with van der Waals surface area (Å²) in [7, 11) is 0. The molecule has 19 heavy (non-hydrogen) atoms. The van der Waals surface area contributed by atoms with Crippen molar-refractivity contribution in [2.45, 2.75) is 51.0 Å². The molecule has 4 aliphatic rings. The summed E-state index contributed by atoms with van der Waals surface area (Å²) < 4.78 is 0. The topological polar surface area (TPSA) is 23.6 Å². The van der Waals surface area contributed by atoms with Crippen LogP contribution in [0.15, 0.2) is 0 Å². The highest BCUT2D eigenvalue weighted by Gasteiger charge is 2.45. The third-order valence-electron chi connectivity index (χ3n) is 6.19. The fraction of sp³-hybridized carbons (Fsp3) is 0.938. The monoisotopic (exact) mass is 262 g/mol. The average Bonchev–Trinajstić information content (AvgIpc) is 3.18. The van der Waals surface area contributed by atoms with Crippen molar-refractivity contribution in [2.24, 2.45) is 17.8 Å². The van der Waals surface area contributed by atoms with E-state index in [0.717, 1.165) is 24.9 Å². The lowest BCUT2D eigenvalue weighted by atomic mass is 9.88. The fourth-order valence-electron chi connectivity index (χ4n) is 5.13. The minimum atomic E-state index is 0.399. The Morgan fingerprint density at radius 2 is 1.79 bits per heavy atom. The van der Waals surface area contributed by atoms with Crippen molar-refractivity contribution in [1.29, 1.82) is 0 Å². The Morgan fingerprint density at radius 1 is 0.947 bits per heavy atom. The summed E-state index contributed by atoms with van der Waals surface area (Å²) in [6.45, 7) is 4.57. The molecular formula is C16H26N2O. The molecule has 2 heterocycles. The molecular weight excluding hydrogens is 236 g/mol. The maximum absolute atomic E-state index is 12.7. The second-order valence-electron chi connectivity index (χ2n) is 7.25. The van der Waals surface area contributed by atoms with Crippen molar-refractivity contribution in [2.75, 3.05) is 26.2 Å². The van der Waals surface area contributed by atoms with Gasteiger partial charge in [-0.2, -0.15) is 0 Å². The van der Waals surface area contributed by atoms with E-state index in [2.05, 4.69) is 9.80 Å². The number of hydrogen-bond donors (Lipinski definition) is 0. The Morgan fingerprint density at radius 3 is 2.47 bits per heavy atom. The molecule has 2 aliphatic heterocycles. The molecule has 0 N–H and O–H groups in total. The number of fused-ring (bicyclic) bond motifs is 2. The van der Waals surface area contributed by atoms with Crippen LogP contribution >= 0.6 is 0 Å². The zero-order chi connectivity index (χ0) is 12.8. The molecule has 4 rings (SSSR count). The molecule has 0 radical (unpaired) electrons. The standard InChI is InChI=1S/C16H26N2O/c19-16(15-10-12-3-4-13(15)9-12)18-8-5-14(11-18)17-6-1-2-7-17/h12-15H,1-11H2. The van der Waals surface area contributed by atoms with Crippen molar-refractivity contribution in [1.82, 2.24) is 9.80 Å². The lowest BCUT2D eigenvalue weighted by Gasteiger charge is -2.28. The lowest BCUT2D eigenvalue weighted by molar-refractivity contribution is -0.136. The Balaban J connectivity index is 1.36. The Bertz CT molecular complexity index is 364. The quantitative estimate of drug-likeness (QED) is 0.761. The van der Waals surface area contributed by atoms with E-state index in [1.807, 2.05) is 0 Å². The highest BCUT2D eigenvalue weighted by Crippen LogP contribution is 2.49. The smallest absolute Gasteiger partial charge is 0.226 e. The minimum absolute atomic E-state index is 0.399. The first kappa shape index (κ1) is 12.2. The van der Waals surface area contributed by atoms with E-state index in [1.54, 1.807) is 0 Å². The zero-order valence-electron chi connectivity index (χ0n) is 11.9. The molecule has 0 aromatic rings. The fourth-order valence-corrected chi connectivity index (χ4v) is 5.13. The van der Waals surface area contributed by atoms with Crippen LogP contribution in [0.3, 0.4) is 0 Å². The van der Waals surface area contributed by atoms with Crippen molar-refractivity contribution >= 4 is 5.91 Å². The van der Waals surface area contributed by atoms with Crippen LogP contribution in [0.25, 0.3) is 0 Å². The second kappa shape index (κ2) is 4.76. The molecule has 1 amide bonds. The minimum Gasteiger partial charge on any atom is -0.341 e. The maximum Gasteiger partial charge on any atom is 0.226 e. The van der Waals surface area contributed by atoms with Gasteiger partial charge >= 0.3 is 0 Å². The van der Waals surface area contributed by atoms with Gasteiger partial charge in [-0.25, -0.2) is 0 Å². The molecule has 0 aromatic carbocycles. The molecule has 4 fully saturated rings. The van der Waals surface area contributed by atoms with Crippen LogP contribution in [-0.2, 0) is 4.79 Å². The molecule has 2 aliphatic carbocycles. The summed E-state index contributed by atoms with van der Waals surface area (Å²) in [5.41, 5.74) is 0. The predicted octanol–water partition coefficient (Wildman–Crippen LogP) is 2.12. The summed E-state index contributed by atoms with van der Waals surface area (Å²) >= 11 is 0. The van der Waals surface area contributed by atoms with Crippen LogP contribution < -0.4 is 0 Å². The van der Waals surface area contributed by atoms with E-state index in [4.69, 9.17) is 0 Å². The summed E-state index contributed by atoms with van der Waals surface area (Å²) in [4.78, 5) is 17.5. The van der Waals surface area contributed by atoms with E-state index < -0.39 is 0 Å². The van der Waals surface area contributed by atoms with Crippen molar-refractivity contribution < 1.29 is 4.79 Å². The highest BCUT2D eigenvalue weighted by atomic mass is 16.2. The SMILES string of the molecule is O=C(C1CC2CCC1C2)N1CCC(N2CCCC2)C1. The average molecular weight is 262 g/mol. The number of carbonyl (C=O) groups is 1. The van der Waals surface area contributed by atoms with Crippen LogP contribution in [-0.4, -0.2) is 47.9 Å². The van der Waals surface area contributed by atoms with E-state index >= 15 is 0 Å². The number of nitrogens with zero attached hydrogens (tertiary/aromatic N) is 2. The summed E-state index contributed by atoms with van der Waals surface area (Å²) in [6, 6.07) is 0.671. The summed E-state index contributed by atoms with van der Waals surface area (Å²) in [6.07, 6.45) is 9.20. The van der Waals surface area contributed by atoms with Gasteiger partial charge in [-0.1, -0.05) is 6.42 Å². The van der Waals surface area contributed by atoms with Gasteiger partial charge in [0.2, 0.25) is 5.91 Å². The molecule has 3 heteroatoms. The van der Waals surface area contributed by atoms with Gasteiger partial charge in [0.15, 0.2) is 0 Å². The van der Waals surface area contributed by atoms with Gasteiger partial charge in [0.1, 0.15) is 0 Å². The Kier molecular flexibility index (Phi) is 3.06. The van der Waals surface area contributed by atoms with Crippen LogP contribution in [0, 0.1) is 17.8 Å². The molecule has 4 atom stereocenters. The van der Waals surface area contributed by atoms with E-state index in [-0.39, 0.29) is 0 Å². The van der Waals surface area contributed by atoms with Gasteiger partial charge in [-0.15, -0.1) is 0 Å². The highest BCUT2D eigenvalue weighted by molar-refractivity contribution is 5.80. The molecule has 4 unspecified atom stereocenters. The van der Waals surface area contributed by atoms with Gasteiger partial charge in [0.05, 0.1) is 0 Å². The number of hydrogen-bond acceptors (Lipinski definition) is 2. The van der Waals surface area contributed by atoms with Crippen molar-refractivity contribution in [3.8, 4) is 0 Å². The molecule has 3 nitrogen and oxygen atoms in total. The Labute approximate surface area is 116 Å². The number of likely N-dealkylation sites (tertiary alicyclic amines) is 2. The van der Waals surface area contributed by atoms with E-state index in [9.17, 15) is 4.79 Å². The predicted molar refractivity (Wildman–Crippen MR) is 74.7 cm³/mol. The zero-order valence-corrected chi connectivity index (χ0v) is 11.9. The van der Waals surface area contributed by atoms with Crippen LogP contribution in [0.4, 0.5) is 0 Å². The lowest BCUT2D eigenvalue weighted by Crippen LogP contribution is -2.40. The van der Waals surface area contributed by atoms with Gasteiger partial charge in [-0.3, -0.25) is 9.69 Å². The maximum atomic E-state index is 12.7. The molecule has 2 bridgehead atoms. The number of carbonyl (C=O) groups excluding carboxylic acids is 1. The van der Waals surface area contributed by atoms with Gasteiger partial charge in [0.25, 0.3) is 0 Å². The Hall–Kier alpha value is -0.570. The first-order chi connectivity index (χ1) is 9.31. The summed E-state index contributed by atoms with van der Waals surface area (Å²) in [5.74, 6) is 2.53. The molecule has 2 saturated carbocycles. The molecule has 0 aromatic heterocycles. The first-order valence-electron chi connectivity index (χ1n) is 8.34. The number of amides is 1. The first-order valence-corrected chi connectivity index (χ1v) is 8.34. The second-order valence-corrected chi connectivity index (χ2v) is 7.25. The van der Waals surface area contributed by atoms with Crippen LogP contribution in [0.2, 0.25) is 0 Å². The van der Waals surface area contributed by atoms with E-state index in [0.29, 0.717) is 17.9 Å². The largest absolute Gasteiger partial charge is 0.341 e. The normalized spacial score (nSPS) is 42.4. The molecule has 106 valence electrons. The van der Waals surface area contributed by atoms with Gasteiger partial charge in [0, 0.05) is 25.0 Å². The summed E-state index contributed by atoms with van der Waals surface area (Å²) in [5, 5.41) is 0. The van der Waals surface area contributed by atoms with Crippen LogP contribution in [0.1, 0.15) is 44.9 Å². The van der Waals surface area contributed by atoms with Gasteiger partial charge in [-0.05, 0) is 63.5 Å². The molecule has 0 spiro atoms. The van der Waals surface area contributed by atoms with Gasteiger partial charge < -0.3 is 4.90 Å².